The van der Waals surface area contributed by atoms with Crippen molar-refractivity contribution in [3.8, 4) is 0 Å². The van der Waals surface area contributed by atoms with Crippen molar-refractivity contribution in [2.75, 3.05) is 11.9 Å². The topological polar surface area (TPSA) is 114 Å². The maximum absolute atomic E-state index is 14.8. The SMILES string of the molecule is CN(C(=O)OC(C)(C)C)c1cc(F)cc2c1[nH]c1nc(Sc3cnc4cccnc4c3)nc(PB=O)c12. The molecule has 0 aliphatic heterocycles. The van der Waals surface area contributed by atoms with Gasteiger partial charge in [0, 0.05) is 0 Å². The first-order valence-corrected chi connectivity index (χ1v) is 13.1. The summed E-state index contributed by atoms with van der Waals surface area (Å²) in [6.45, 7) is 6.03. The van der Waals surface area contributed by atoms with Crippen LogP contribution in [0.5, 0.6) is 0 Å². The molecule has 1 amide bonds. The molecule has 1 unspecified atom stereocenters. The van der Waals surface area contributed by atoms with E-state index in [0.29, 0.717) is 32.5 Å². The number of anilines is 1. The second-order valence-corrected chi connectivity index (χ2v) is 11.2. The monoisotopic (exact) mass is 534 g/mol. The Hall–Kier alpha value is -3.50. The first kappa shape index (κ1) is 25.2. The normalized spacial score (nSPS) is 12.0. The first-order chi connectivity index (χ1) is 17.6. The second-order valence-electron chi connectivity index (χ2n) is 9.17. The second kappa shape index (κ2) is 9.76. The quantitative estimate of drug-likeness (QED) is 0.191. The fraction of sp³-hybridized carbons (Fsp3) is 0.208. The number of aromatic amines is 1. The van der Waals surface area contributed by atoms with E-state index in [9.17, 15) is 13.9 Å². The Morgan fingerprint density at radius 2 is 2.00 bits per heavy atom. The van der Waals surface area contributed by atoms with Gasteiger partial charge in [0.25, 0.3) is 0 Å². The van der Waals surface area contributed by atoms with E-state index in [1.165, 1.54) is 35.8 Å². The zero-order chi connectivity index (χ0) is 26.3. The molecule has 1 aromatic carbocycles. The van der Waals surface area contributed by atoms with Crippen LogP contribution in [-0.2, 0) is 9.44 Å². The Bertz CT molecular complexity index is 1690. The van der Waals surface area contributed by atoms with Crippen LogP contribution < -0.4 is 10.3 Å². The Kier molecular flexibility index (Phi) is 6.64. The zero-order valence-corrected chi connectivity index (χ0v) is 22.2. The molecule has 9 nitrogen and oxygen atoms in total. The van der Waals surface area contributed by atoms with E-state index >= 15 is 0 Å². The fourth-order valence-electron chi connectivity index (χ4n) is 3.82. The van der Waals surface area contributed by atoms with Gasteiger partial charge >= 0.3 is 218 Å². The number of fused-ring (bicyclic) bond motifs is 4. The van der Waals surface area contributed by atoms with Crippen LogP contribution in [0.2, 0.25) is 0 Å². The molecule has 5 aromatic rings. The third kappa shape index (κ3) is 5.17. The van der Waals surface area contributed by atoms with Gasteiger partial charge in [-0.2, -0.15) is 0 Å². The molecule has 0 saturated carbocycles. The molecule has 1 atom stereocenters. The number of aromatic nitrogens is 5. The molecule has 1 N–H and O–H groups in total. The molecule has 0 spiro atoms. The van der Waals surface area contributed by atoms with Gasteiger partial charge in [-0.3, -0.25) is 0 Å². The van der Waals surface area contributed by atoms with Crippen molar-refractivity contribution in [1.82, 2.24) is 24.9 Å². The summed E-state index contributed by atoms with van der Waals surface area (Å²) in [6.07, 6.45) is 2.77. The number of ether oxygens (including phenoxy) is 1. The molecule has 0 aliphatic carbocycles. The number of nitrogens with one attached hydrogen (secondary N) is 1. The van der Waals surface area contributed by atoms with E-state index in [0.717, 1.165) is 22.8 Å². The van der Waals surface area contributed by atoms with Gasteiger partial charge in [-0.25, -0.2) is 0 Å². The van der Waals surface area contributed by atoms with Gasteiger partial charge in [0.2, 0.25) is 0 Å². The number of H-pyrrole nitrogens is 1. The molecule has 0 fully saturated rings. The summed E-state index contributed by atoms with van der Waals surface area (Å²) in [7, 11) is 1.23. The van der Waals surface area contributed by atoms with Crippen molar-refractivity contribution < 1.29 is 18.6 Å². The third-order valence-electron chi connectivity index (χ3n) is 5.34. The van der Waals surface area contributed by atoms with Crippen molar-refractivity contribution in [2.45, 2.75) is 36.4 Å². The van der Waals surface area contributed by atoms with Crippen LogP contribution in [0.1, 0.15) is 20.8 Å². The van der Waals surface area contributed by atoms with Crippen LogP contribution in [0.25, 0.3) is 33.0 Å². The molecule has 4 aromatic heterocycles. The third-order valence-corrected chi connectivity index (χ3v) is 6.92. The number of nitrogens with zero attached hydrogens (tertiary/aromatic N) is 5. The van der Waals surface area contributed by atoms with Gasteiger partial charge < -0.3 is 0 Å². The minimum atomic E-state index is -0.721. The molecule has 13 heteroatoms. The molecule has 0 radical (unpaired) electrons. The Morgan fingerprint density at radius 3 is 2.76 bits per heavy atom. The number of amides is 1. The van der Waals surface area contributed by atoms with Crippen molar-refractivity contribution in [2.24, 2.45) is 0 Å². The van der Waals surface area contributed by atoms with Crippen molar-refractivity contribution in [3.63, 3.8) is 0 Å². The molecule has 4 heterocycles. The van der Waals surface area contributed by atoms with E-state index < -0.39 is 17.5 Å². The van der Waals surface area contributed by atoms with Gasteiger partial charge in [-0.1, -0.05) is 0 Å². The minimum absolute atomic E-state index is 0.279. The van der Waals surface area contributed by atoms with E-state index in [1.807, 2.05) is 18.2 Å². The number of rotatable bonds is 5. The van der Waals surface area contributed by atoms with Crippen LogP contribution in [0.3, 0.4) is 0 Å². The van der Waals surface area contributed by atoms with Crippen LogP contribution in [0, 0.1) is 5.82 Å². The standard InChI is InChI=1S/C24H21BFN6O3PS/c1-24(2,3)35-23(33)32(4)17-9-12(26)8-14-18-20(29-19(14)17)30-22(31-21(18)36-25-34)37-13-10-16-15(28-11-13)6-5-7-27-16/h5-11,36H,1-4H3,(H,29,30,31). The van der Waals surface area contributed by atoms with Gasteiger partial charge in [-0.15, -0.1) is 0 Å². The van der Waals surface area contributed by atoms with E-state index in [2.05, 4.69) is 24.9 Å². The summed E-state index contributed by atoms with van der Waals surface area (Å²) in [5, 5.41) is 1.39. The van der Waals surface area contributed by atoms with Gasteiger partial charge in [0.15, 0.2) is 0 Å². The molecular formula is C24H21BFN6O3PS. The van der Waals surface area contributed by atoms with Crippen molar-refractivity contribution in [1.29, 1.82) is 0 Å². The van der Waals surface area contributed by atoms with Crippen LogP contribution >= 0.6 is 20.2 Å². The number of hydrogen-bond donors (Lipinski definition) is 1. The van der Waals surface area contributed by atoms with Crippen molar-refractivity contribution >= 4 is 77.3 Å². The summed E-state index contributed by atoms with van der Waals surface area (Å²) >= 11 is 1.28. The number of carbonyl (C=O) groups is 1. The van der Waals surface area contributed by atoms with Crippen LogP contribution in [0.4, 0.5) is 14.9 Å². The average molecular weight is 534 g/mol. The summed E-state index contributed by atoms with van der Waals surface area (Å²) in [4.78, 5) is 36.0. The first-order valence-electron chi connectivity index (χ1n) is 11.2. The van der Waals surface area contributed by atoms with Crippen molar-refractivity contribution in [3.05, 3.63) is 48.5 Å². The Morgan fingerprint density at radius 1 is 1.19 bits per heavy atom. The molecule has 5 rings (SSSR count). The summed E-state index contributed by atoms with van der Waals surface area (Å²) in [6, 6.07) is 8.17. The number of pyridine rings is 2. The molecular weight excluding hydrogens is 513 g/mol. The van der Waals surface area contributed by atoms with Gasteiger partial charge in [-0.05, 0) is 0 Å². The predicted molar refractivity (Wildman–Crippen MR) is 144 cm³/mol. The summed E-state index contributed by atoms with van der Waals surface area (Å²) in [5.74, 6) is -0.549. The van der Waals surface area contributed by atoms with E-state index in [-0.39, 0.29) is 14.1 Å². The van der Waals surface area contributed by atoms with E-state index in [4.69, 9.17) is 4.74 Å². The summed E-state index contributed by atoms with van der Waals surface area (Å²) in [5.41, 5.74) is 2.44. The number of hydrogen-bond acceptors (Lipinski definition) is 8. The number of halogens is 1. The predicted octanol–water partition coefficient (Wildman–Crippen LogP) is 4.98. The number of carbonyl (C=O) groups excluding carboxylic acids is 1. The average Bonchev–Trinajstić information content (AvgIpc) is 3.20. The van der Waals surface area contributed by atoms with Gasteiger partial charge in [0.1, 0.15) is 0 Å². The molecule has 0 aliphatic rings. The Balaban J connectivity index is 1.62. The molecule has 0 bridgehead atoms. The number of benzene rings is 1. The van der Waals surface area contributed by atoms with Crippen LogP contribution in [-0.4, -0.2) is 50.5 Å². The molecule has 37 heavy (non-hydrogen) atoms. The molecule has 186 valence electrons. The van der Waals surface area contributed by atoms with Gasteiger partial charge in [0.05, 0.1) is 0 Å². The summed E-state index contributed by atoms with van der Waals surface area (Å²) < 4.78 is 31.7. The van der Waals surface area contributed by atoms with E-state index in [1.54, 1.807) is 33.2 Å². The Labute approximate surface area is 217 Å². The van der Waals surface area contributed by atoms with Crippen LogP contribution in [0.15, 0.2) is 52.8 Å². The molecule has 0 saturated heterocycles. The fourth-order valence-corrected chi connectivity index (χ4v) is 5.34. The maximum atomic E-state index is 14.8. The zero-order valence-electron chi connectivity index (χ0n) is 20.4.